The predicted molar refractivity (Wildman–Crippen MR) is 52.1 cm³/mol. The molecule has 1 atom stereocenters. The third-order valence-electron chi connectivity index (χ3n) is 1.97. The monoisotopic (exact) mass is 257 g/mol. The maximum absolute atomic E-state index is 13.1. The molecule has 0 amide bonds. The highest BCUT2D eigenvalue weighted by Gasteiger charge is 2.38. The largest absolute Gasteiger partial charge is 0.422 e. The standard InChI is InChI=1S/C9H8F5NS/c10-5-1-4(7(15)3-16)2-6(11)8(5)9(12,13)14/h1-2,7,16H,3,15H2. The number of hydrogen-bond donors (Lipinski definition) is 2. The van der Waals surface area contributed by atoms with Crippen LogP contribution in [0.5, 0.6) is 0 Å². The van der Waals surface area contributed by atoms with Crippen molar-refractivity contribution in [1.82, 2.24) is 0 Å². The number of nitrogens with two attached hydrogens (primary N) is 1. The van der Waals surface area contributed by atoms with Crippen molar-refractivity contribution in [1.29, 1.82) is 0 Å². The van der Waals surface area contributed by atoms with Crippen molar-refractivity contribution in [2.24, 2.45) is 5.73 Å². The van der Waals surface area contributed by atoms with Gasteiger partial charge in [0.05, 0.1) is 0 Å². The highest BCUT2D eigenvalue weighted by atomic mass is 32.1. The van der Waals surface area contributed by atoms with Crippen LogP contribution >= 0.6 is 12.6 Å². The van der Waals surface area contributed by atoms with Crippen LogP contribution in [0.25, 0.3) is 0 Å². The van der Waals surface area contributed by atoms with Gasteiger partial charge >= 0.3 is 6.18 Å². The summed E-state index contributed by atoms with van der Waals surface area (Å²) in [4.78, 5) is 0. The highest BCUT2D eigenvalue weighted by molar-refractivity contribution is 7.80. The van der Waals surface area contributed by atoms with E-state index in [1.165, 1.54) is 0 Å². The first kappa shape index (κ1) is 13.2. The van der Waals surface area contributed by atoms with E-state index < -0.39 is 29.4 Å². The van der Waals surface area contributed by atoms with Crippen LogP contribution in [0.2, 0.25) is 0 Å². The Morgan fingerprint density at radius 3 is 1.94 bits per heavy atom. The Kier molecular flexibility index (Phi) is 3.80. The minimum absolute atomic E-state index is 0.0574. The van der Waals surface area contributed by atoms with Crippen LogP contribution in [0.15, 0.2) is 12.1 Å². The Bertz CT molecular complexity index is 367. The first-order chi connectivity index (χ1) is 7.27. The summed E-state index contributed by atoms with van der Waals surface area (Å²) in [6, 6.07) is 0.342. The summed E-state index contributed by atoms with van der Waals surface area (Å²) in [6.07, 6.45) is -5.06. The van der Waals surface area contributed by atoms with Crippen LogP contribution in [0, 0.1) is 11.6 Å². The van der Waals surface area contributed by atoms with Gasteiger partial charge in [0.25, 0.3) is 0 Å². The topological polar surface area (TPSA) is 26.0 Å². The minimum Gasteiger partial charge on any atom is -0.323 e. The highest BCUT2D eigenvalue weighted by Crippen LogP contribution is 2.34. The van der Waals surface area contributed by atoms with Gasteiger partial charge in [0, 0.05) is 11.8 Å². The molecule has 0 saturated carbocycles. The maximum Gasteiger partial charge on any atom is 0.422 e. The fourth-order valence-electron chi connectivity index (χ4n) is 1.18. The van der Waals surface area contributed by atoms with Crippen LogP contribution in [0.1, 0.15) is 17.2 Å². The van der Waals surface area contributed by atoms with Crippen molar-refractivity contribution in [3.63, 3.8) is 0 Å². The zero-order valence-corrected chi connectivity index (χ0v) is 8.75. The van der Waals surface area contributed by atoms with Gasteiger partial charge in [-0.2, -0.15) is 25.8 Å². The number of rotatable bonds is 2. The summed E-state index contributed by atoms with van der Waals surface area (Å²) in [5.74, 6) is -3.26. The summed E-state index contributed by atoms with van der Waals surface area (Å²) in [5.41, 5.74) is 3.44. The smallest absolute Gasteiger partial charge is 0.323 e. The molecule has 90 valence electrons. The molecule has 0 aromatic heterocycles. The van der Waals surface area contributed by atoms with E-state index in [-0.39, 0.29) is 11.3 Å². The number of alkyl halides is 3. The average Bonchev–Trinajstić information content (AvgIpc) is 2.13. The van der Waals surface area contributed by atoms with Gasteiger partial charge in [-0.05, 0) is 17.7 Å². The van der Waals surface area contributed by atoms with Crippen LogP contribution in [-0.2, 0) is 6.18 Å². The van der Waals surface area contributed by atoms with Crippen LogP contribution < -0.4 is 5.73 Å². The zero-order chi connectivity index (χ0) is 12.5. The Morgan fingerprint density at radius 1 is 1.19 bits per heavy atom. The van der Waals surface area contributed by atoms with Crippen LogP contribution in [-0.4, -0.2) is 5.75 Å². The lowest BCUT2D eigenvalue weighted by Crippen LogP contribution is -2.16. The minimum atomic E-state index is -5.06. The molecule has 7 heteroatoms. The molecule has 0 fully saturated rings. The Balaban J connectivity index is 3.28. The van der Waals surface area contributed by atoms with Crippen molar-refractivity contribution in [3.8, 4) is 0 Å². The van der Waals surface area contributed by atoms with Crippen LogP contribution in [0.4, 0.5) is 22.0 Å². The van der Waals surface area contributed by atoms with E-state index in [0.29, 0.717) is 12.1 Å². The van der Waals surface area contributed by atoms with Gasteiger partial charge in [-0.3, -0.25) is 0 Å². The van der Waals surface area contributed by atoms with Crippen molar-refractivity contribution in [2.75, 3.05) is 5.75 Å². The van der Waals surface area contributed by atoms with Gasteiger partial charge in [0.1, 0.15) is 17.2 Å². The van der Waals surface area contributed by atoms with Crippen molar-refractivity contribution in [3.05, 3.63) is 34.9 Å². The summed E-state index contributed by atoms with van der Waals surface area (Å²) in [7, 11) is 0. The van der Waals surface area contributed by atoms with Crippen molar-refractivity contribution < 1.29 is 22.0 Å². The summed E-state index contributed by atoms with van der Waals surface area (Å²) < 4.78 is 62.7. The van der Waals surface area contributed by atoms with Gasteiger partial charge in [0.15, 0.2) is 0 Å². The second-order valence-electron chi connectivity index (χ2n) is 3.15. The first-order valence-corrected chi connectivity index (χ1v) is 4.83. The lowest BCUT2D eigenvalue weighted by Gasteiger charge is -2.13. The predicted octanol–water partition coefficient (Wildman–Crippen LogP) is 2.91. The third kappa shape index (κ3) is 2.65. The fraction of sp³-hybridized carbons (Fsp3) is 0.333. The van der Waals surface area contributed by atoms with E-state index in [0.717, 1.165) is 0 Å². The summed E-state index contributed by atoms with van der Waals surface area (Å²) in [5, 5.41) is 0. The van der Waals surface area contributed by atoms with E-state index in [1.807, 2.05) is 0 Å². The van der Waals surface area contributed by atoms with E-state index in [2.05, 4.69) is 12.6 Å². The average molecular weight is 257 g/mol. The molecular formula is C9H8F5NS. The third-order valence-corrected chi connectivity index (χ3v) is 2.37. The molecule has 1 rings (SSSR count). The van der Waals surface area contributed by atoms with E-state index in [1.54, 1.807) is 0 Å². The Hall–Kier alpha value is -0.820. The molecule has 1 aromatic carbocycles. The molecule has 0 radical (unpaired) electrons. The molecule has 0 bridgehead atoms. The lowest BCUT2D eigenvalue weighted by atomic mass is 10.0. The molecule has 1 nitrogen and oxygen atoms in total. The quantitative estimate of drug-likeness (QED) is 0.618. The number of halogens is 5. The molecular weight excluding hydrogens is 249 g/mol. The van der Waals surface area contributed by atoms with Crippen molar-refractivity contribution in [2.45, 2.75) is 12.2 Å². The van der Waals surface area contributed by atoms with Crippen molar-refractivity contribution >= 4 is 12.6 Å². The molecule has 0 spiro atoms. The molecule has 0 heterocycles. The molecule has 2 N–H and O–H groups in total. The van der Waals surface area contributed by atoms with Gasteiger partial charge in [0.2, 0.25) is 0 Å². The second-order valence-corrected chi connectivity index (χ2v) is 3.51. The first-order valence-electron chi connectivity index (χ1n) is 4.20. The molecule has 1 aromatic rings. The Labute approximate surface area is 93.8 Å². The molecule has 0 aliphatic carbocycles. The normalized spacial score (nSPS) is 13.9. The van der Waals surface area contributed by atoms with Gasteiger partial charge in [-0.25, -0.2) is 8.78 Å². The maximum atomic E-state index is 13.1. The summed E-state index contributed by atoms with van der Waals surface area (Å²) >= 11 is 3.79. The zero-order valence-electron chi connectivity index (χ0n) is 7.85. The lowest BCUT2D eigenvalue weighted by molar-refractivity contribution is -0.142. The van der Waals surface area contributed by atoms with E-state index in [4.69, 9.17) is 5.73 Å². The summed E-state index contributed by atoms with van der Waals surface area (Å²) in [6.45, 7) is 0. The second kappa shape index (κ2) is 4.58. The number of benzene rings is 1. The molecule has 0 saturated heterocycles. The molecule has 1 unspecified atom stereocenters. The van der Waals surface area contributed by atoms with Crippen LogP contribution in [0.3, 0.4) is 0 Å². The number of thiol groups is 1. The van der Waals surface area contributed by atoms with E-state index >= 15 is 0 Å². The number of hydrogen-bond acceptors (Lipinski definition) is 2. The van der Waals surface area contributed by atoms with Gasteiger partial charge < -0.3 is 5.73 Å². The molecule has 0 aliphatic rings. The van der Waals surface area contributed by atoms with E-state index in [9.17, 15) is 22.0 Å². The molecule has 0 aliphatic heterocycles. The fourth-order valence-corrected chi connectivity index (χ4v) is 1.39. The SMILES string of the molecule is NC(CS)c1cc(F)c(C(F)(F)F)c(F)c1. The molecule has 16 heavy (non-hydrogen) atoms. The Morgan fingerprint density at radius 2 is 1.62 bits per heavy atom. The van der Waals surface area contributed by atoms with Gasteiger partial charge in [-0.15, -0.1) is 0 Å². The van der Waals surface area contributed by atoms with Gasteiger partial charge in [-0.1, -0.05) is 0 Å².